The van der Waals surface area contributed by atoms with Gasteiger partial charge in [0.1, 0.15) is 5.75 Å². The number of halogens is 1. The average molecular weight is 275 g/mol. The molecular formula is C11H15BrO3. The Morgan fingerprint density at radius 3 is 2.47 bits per heavy atom. The minimum Gasteiger partial charge on any atom is -0.496 e. The summed E-state index contributed by atoms with van der Waals surface area (Å²) in [5, 5.41) is 17.9. The molecule has 0 saturated carbocycles. The van der Waals surface area contributed by atoms with E-state index in [-0.39, 0.29) is 19.1 Å². The number of aliphatic hydroxyl groups is 2. The lowest BCUT2D eigenvalue weighted by atomic mass is 10.0. The Hall–Kier alpha value is -0.580. The second-order valence-corrected chi connectivity index (χ2v) is 4.26. The Morgan fingerprint density at radius 1 is 1.33 bits per heavy atom. The molecule has 0 saturated heterocycles. The SMILES string of the molecule is COc1ccc(CC(CO)CO)cc1Br. The van der Waals surface area contributed by atoms with Gasteiger partial charge < -0.3 is 14.9 Å². The van der Waals surface area contributed by atoms with Crippen LogP contribution in [0.25, 0.3) is 0 Å². The predicted molar refractivity (Wildman–Crippen MR) is 62.1 cm³/mol. The zero-order valence-electron chi connectivity index (χ0n) is 8.61. The summed E-state index contributed by atoms with van der Waals surface area (Å²) in [6, 6.07) is 5.74. The number of methoxy groups -OCH3 is 1. The van der Waals surface area contributed by atoms with Gasteiger partial charge in [0.05, 0.1) is 11.6 Å². The van der Waals surface area contributed by atoms with Crippen molar-refractivity contribution >= 4 is 15.9 Å². The summed E-state index contributed by atoms with van der Waals surface area (Å²) in [7, 11) is 1.62. The van der Waals surface area contributed by atoms with Gasteiger partial charge in [-0.05, 0) is 40.0 Å². The van der Waals surface area contributed by atoms with E-state index in [2.05, 4.69) is 15.9 Å². The van der Waals surface area contributed by atoms with E-state index < -0.39 is 0 Å². The third-order valence-electron chi connectivity index (χ3n) is 2.26. The summed E-state index contributed by atoms with van der Waals surface area (Å²) in [6.07, 6.45) is 0.662. The molecule has 1 aromatic rings. The van der Waals surface area contributed by atoms with Crippen molar-refractivity contribution in [1.29, 1.82) is 0 Å². The molecule has 0 fully saturated rings. The maximum atomic E-state index is 8.96. The topological polar surface area (TPSA) is 49.7 Å². The Balaban J connectivity index is 2.74. The minimum atomic E-state index is -0.0923. The molecule has 0 heterocycles. The van der Waals surface area contributed by atoms with Crippen LogP contribution in [0.5, 0.6) is 5.75 Å². The van der Waals surface area contributed by atoms with Gasteiger partial charge in [-0.25, -0.2) is 0 Å². The Labute approximate surface area is 97.8 Å². The van der Waals surface area contributed by atoms with E-state index >= 15 is 0 Å². The molecule has 4 heteroatoms. The fraction of sp³-hybridized carbons (Fsp3) is 0.455. The molecule has 3 nitrogen and oxygen atoms in total. The van der Waals surface area contributed by atoms with E-state index in [0.29, 0.717) is 6.42 Å². The second kappa shape index (κ2) is 6.10. The Morgan fingerprint density at radius 2 is 2.00 bits per heavy atom. The standard InChI is InChI=1S/C11H15BrO3/c1-15-11-3-2-8(5-10(11)12)4-9(6-13)7-14/h2-3,5,9,13-14H,4,6-7H2,1H3. The number of hydrogen-bond donors (Lipinski definition) is 2. The highest BCUT2D eigenvalue weighted by Gasteiger charge is 2.08. The number of ether oxygens (including phenoxy) is 1. The Kier molecular flexibility index (Phi) is 5.08. The molecule has 0 bridgehead atoms. The van der Waals surface area contributed by atoms with E-state index in [1.165, 1.54) is 0 Å². The molecule has 15 heavy (non-hydrogen) atoms. The van der Waals surface area contributed by atoms with Gasteiger partial charge in [-0.2, -0.15) is 0 Å². The van der Waals surface area contributed by atoms with Crippen LogP contribution < -0.4 is 4.74 Å². The molecule has 0 unspecified atom stereocenters. The van der Waals surface area contributed by atoms with Crippen molar-refractivity contribution in [2.45, 2.75) is 6.42 Å². The van der Waals surface area contributed by atoms with Crippen molar-refractivity contribution < 1.29 is 14.9 Å². The first-order valence-electron chi connectivity index (χ1n) is 4.75. The molecule has 0 aliphatic rings. The van der Waals surface area contributed by atoms with Crippen molar-refractivity contribution in [3.05, 3.63) is 28.2 Å². The van der Waals surface area contributed by atoms with Crippen molar-refractivity contribution in [2.24, 2.45) is 5.92 Å². The minimum absolute atomic E-state index is 0.000147. The summed E-state index contributed by atoms with van der Waals surface area (Å²) in [5.41, 5.74) is 1.07. The fourth-order valence-electron chi connectivity index (χ4n) is 1.36. The van der Waals surface area contributed by atoms with Crippen molar-refractivity contribution in [3.63, 3.8) is 0 Å². The molecule has 1 aromatic carbocycles. The molecule has 2 N–H and O–H groups in total. The van der Waals surface area contributed by atoms with Crippen LogP contribution in [0, 0.1) is 5.92 Å². The van der Waals surface area contributed by atoms with E-state index in [9.17, 15) is 0 Å². The van der Waals surface area contributed by atoms with Gasteiger partial charge >= 0.3 is 0 Å². The Bertz CT molecular complexity index is 311. The van der Waals surface area contributed by atoms with E-state index in [1.54, 1.807) is 7.11 Å². The van der Waals surface area contributed by atoms with Crippen molar-refractivity contribution in [3.8, 4) is 5.75 Å². The fourth-order valence-corrected chi connectivity index (χ4v) is 1.95. The van der Waals surface area contributed by atoms with Crippen LogP contribution in [0.2, 0.25) is 0 Å². The van der Waals surface area contributed by atoms with Crippen LogP contribution in [-0.4, -0.2) is 30.5 Å². The zero-order valence-corrected chi connectivity index (χ0v) is 10.2. The lowest BCUT2D eigenvalue weighted by molar-refractivity contribution is 0.150. The average Bonchev–Trinajstić information content (AvgIpc) is 2.26. The molecule has 0 aliphatic heterocycles. The van der Waals surface area contributed by atoms with Crippen LogP contribution >= 0.6 is 15.9 Å². The molecule has 0 radical (unpaired) electrons. The largest absolute Gasteiger partial charge is 0.496 e. The van der Waals surface area contributed by atoms with Gasteiger partial charge in [0, 0.05) is 19.1 Å². The van der Waals surface area contributed by atoms with Gasteiger partial charge in [-0.15, -0.1) is 0 Å². The highest BCUT2D eigenvalue weighted by Crippen LogP contribution is 2.26. The molecule has 0 atom stereocenters. The van der Waals surface area contributed by atoms with E-state index in [4.69, 9.17) is 14.9 Å². The van der Waals surface area contributed by atoms with Crippen LogP contribution in [0.3, 0.4) is 0 Å². The molecule has 0 amide bonds. The molecule has 0 spiro atoms. The van der Waals surface area contributed by atoms with Crippen LogP contribution in [0.4, 0.5) is 0 Å². The summed E-state index contributed by atoms with van der Waals surface area (Å²) in [5.74, 6) is 0.689. The van der Waals surface area contributed by atoms with Gasteiger partial charge in [0.2, 0.25) is 0 Å². The number of aliphatic hydroxyl groups excluding tert-OH is 2. The quantitative estimate of drug-likeness (QED) is 0.858. The summed E-state index contributed by atoms with van der Waals surface area (Å²) in [4.78, 5) is 0. The molecular weight excluding hydrogens is 260 g/mol. The molecule has 0 aromatic heterocycles. The molecule has 1 rings (SSSR count). The number of hydrogen-bond acceptors (Lipinski definition) is 3. The first-order chi connectivity index (χ1) is 7.21. The summed E-state index contributed by atoms with van der Waals surface area (Å²) < 4.78 is 6.00. The molecule has 0 aliphatic carbocycles. The van der Waals surface area contributed by atoms with Gasteiger partial charge in [-0.1, -0.05) is 6.07 Å². The first-order valence-corrected chi connectivity index (χ1v) is 5.54. The predicted octanol–water partition coefficient (Wildman–Crippen LogP) is 1.60. The monoisotopic (exact) mass is 274 g/mol. The first kappa shape index (κ1) is 12.5. The summed E-state index contributed by atoms with van der Waals surface area (Å²) >= 11 is 3.39. The van der Waals surface area contributed by atoms with Crippen molar-refractivity contribution in [1.82, 2.24) is 0 Å². The van der Waals surface area contributed by atoms with Gasteiger partial charge in [0.25, 0.3) is 0 Å². The van der Waals surface area contributed by atoms with Crippen LogP contribution in [-0.2, 0) is 6.42 Å². The highest BCUT2D eigenvalue weighted by molar-refractivity contribution is 9.10. The lowest BCUT2D eigenvalue weighted by Gasteiger charge is -2.11. The van der Waals surface area contributed by atoms with Gasteiger partial charge in [-0.3, -0.25) is 0 Å². The lowest BCUT2D eigenvalue weighted by Crippen LogP contribution is -2.13. The highest BCUT2D eigenvalue weighted by atomic mass is 79.9. The van der Waals surface area contributed by atoms with Crippen LogP contribution in [0.15, 0.2) is 22.7 Å². The molecule has 84 valence electrons. The van der Waals surface area contributed by atoms with Crippen LogP contribution in [0.1, 0.15) is 5.56 Å². The normalized spacial score (nSPS) is 10.7. The smallest absolute Gasteiger partial charge is 0.133 e. The third-order valence-corrected chi connectivity index (χ3v) is 2.88. The van der Waals surface area contributed by atoms with E-state index in [1.807, 2.05) is 18.2 Å². The third kappa shape index (κ3) is 3.48. The van der Waals surface area contributed by atoms with E-state index in [0.717, 1.165) is 15.8 Å². The number of rotatable bonds is 5. The summed E-state index contributed by atoms with van der Waals surface area (Å²) in [6.45, 7) is 0.000294. The van der Waals surface area contributed by atoms with Gasteiger partial charge in [0.15, 0.2) is 0 Å². The maximum Gasteiger partial charge on any atom is 0.133 e. The number of benzene rings is 1. The second-order valence-electron chi connectivity index (χ2n) is 3.40. The maximum absolute atomic E-state index is 8.96. The van der Waals surface area contributed by atoms with Crippen molar-refractivity contribution in [2.75, 3.05) is 20.3 Å². The zero-order chi connectivity index (χ0) is 11.3.